The summed E-state index contributed by atoms with van der Waals surface area (Å²) in [6.45, 7) is 0. The van der Waals surface area contributed by atoms with Gasteiger partial charge >= 0.3 is 0 Å². The van der Waals surface area contributed by atoms with E-state index in [0.29, 0.717) is 21.6 Å². The lowest BCUT2D eigenvalue weighted by atomic mass is 10.3. The second-order valence-electron chi connectivity index (χ2n) is 4.22. The summed E-state index contributed by atoms with van der Waals surface area (Å²) in [6, 6.07) is 7.55. The van der Waals surface area contributed by atoms with Crippen LogP contribution in [0.25, 0.3) is 11.0 Å². The molecular weight excluding hydrogens is 276 g/mol. The Morgan fingerprint density at radius 1 is 1.05 bits per heavy atom. The normalized spacial score (nSPS) is 12.6. The molecule has 4 N–H and O–H groups in total. The number of rotatable bonds is 0. The van der Waals surface area contributed by atoms with Gasteiger partial charge in [-0.1, -0.05) is 23.9 Å². The van der Waals surface area contributed by atoms with Crippen LogP contribution in [0.3, 0.4) is 0 Å². The average molecular weight is 284 g/mol. The first-order valence-corrected chi connectivity index (χ1v) is 6.64. The van der Waals surface area contributed by atoms with Gasteiger partial charge in [0.25, 0.3) is 5.56 Å². The molecule has 0 spiro atoms. The lowest BCUT2D eigenvalue weighted by Crippen LogP contribution is -2.18. The first-order valence-electron chi connectivity index (χ1n) is 5.82. The van der Waals surface area contributed by atoms with Crippen molar-refractivity contribution in [1.29, 1.82) is 0 Å². The van der Waals surface area contributed by atoms with Gasteiger partial charge in [-0.25, -0.2) is 9.97 Å². The Bertz CT molecular complexity index is 906. The van der Waals surface area contributed by atoms with E-state index < -0.39 is 0 Å². The van der Waals surface area contributed by atoms with Gasteiger partial charge in [0, 0.05) is 0 Å². The molecule has 20 heavy (non-hydrogen) atoms. The Hall–Kier alpha value is -2.61. The van der Waals surface area contributed by atoms with E-state index in [4.69, 9.17) is 5.73 Å². The number of anilines is 3. The predicted molar refractivity (Wildman–Crippen MR) is 76.2 cm³/mol. The lowest BCUT2D eigenvalue weighted by Gasteiger charge is -2.17. The van der Waals surface area contributed by atoms with Crippen LogP contribution in [0.5, 0.6) is 0 Å². The number of fused-ring (bicyclic) bond motifs is 3. The lowest BCUT2D eigenvalue weighted by molar-refractivity contribution is 1.02. The highest BCUT2D eigenvalue weighted by Gasteiger charge is 2.23. The monoisotopic (exact) mass is 284 g/mol. The summed E-state index contributed by atoms with van der Waals surface area (Å²) in [6.07, 6.45) is 0. The third-order valence-electron chi connectivity index (χ3n) is 2.87. The smallest absolute Gasteiger partial charge is 0.268 e. The minimum Gasteiger partial charge on any atom is -0.369 e. The maximum atomic E-state index is 11.9. The average Bonchev–Trinajstić information content (AvgIpc) is 2.43. The van der Waals surface area contributed by atoms with Crippen LogP contribution in [-0.2, 0) is 0 Å². The highest BCUT2D eigenvalue weighted by molar-refractivity contribution is 7.99. The van der Waals surface area contributed by atoms with Crippen molar-refractivity contribution < 1.29 is 0 Å². The van der Waals surface area contributed by atoms with Crippen molar-refractivity contribution in [3.05, 3.63) is 34.6 Å². The van der Waals surface area contributed by atoms with Crippen molar-refractivity contribution in [2.75, 3.05) is 11.1 Å². The fourth-order valence-corrected chi connectivity index (χ4v) is 2.87. The van der Waals surface area contributed by atoms with Crippen molar-refractivity contribution >= 4 is 40.4 Å². The van der Waals surface area contributed by atoms with Gasteiger partial charge in [0.05, 0.1) is 11.0 Å². The molecule has 0 aliphatic carbocycles. The third kappa shape index (κ3) is 1.62. The summed E-state index contributed by atoms with van der Waals surface area (Å²) in [5.41, 5.74) is 6.81. The number of nitrogens with two attached hydrogens (primary N) is 1. The van der Waals surface area contributed by atoms with Crippen LogP contribution in [0.2, 0.25) is 0 Å². The number of benzene rings is 1. The zero-order valence-electron chi connectivity index (χ0n) is 10.0. The molecule has 1 aromatic carbocycles. The van der Waals surface area contributed by atoms with E-state index >= 15 is 0 Å². The SMILES string of the molecule is Nc1nc2c(c(=O)[nH]1)Sc1nc3ccccc3nc1N2. The van der Waals surface area contributed by atoms with E-state index in [1.54, 1.807) is 0 Å². The van der Waals surface area contributed by atoms with E-state index in [9.17, 15) is 4.79 Å². The van der Waals surface area contributed by atoms with Gasteiger partial charge < -0.3 is 11.1 Å². The fraction of sp³-hybridized carbons (Fsp3) is 0. The second kappa shape index (κ2) is 3.94. The molecule has 2 aromatic heterocycles. The molecule has 3 aromatic rings. The van der Waals surface area contributed by atoms with Gasteiger partial charge in [0.2, 0.25) is 5.95 Å². The summed E-state index contributed by atoms with van der Waals surface area (Å²) in [5, 5.41) is 3.66. The summed E-state index contributed by atoms with van der Waals surface area (Å²) in [4.78, 5) is 27.8. The highest BCUT2D eigenvalue weighted by atomic mass is 32.2. The van der Waals surface area contributed by atoms with Gasteiger partial charge in [-0.2, -0.15) is 4.98 Å². The van der Waals surface area contributed by atoms with E-state index in [0.717, 1.165) is 11.0 Å². The molecule has 1 aliphatic rings. The Labute approximate surface area is 116 Å². The molecule has 0 fully saturated rings. The molecule has 0 amide bonds. The predicted octanol–water partition coefficient (Wildman–Crippen LogP) is 1.50. The Kier molecular flexibility index (Phi) is 2.21. The first-order chi connectivity index (χ1) is 9.70. The molecule has 4 rings (SSSR count). The van der Waals surface area contributed by atoms with Crippen molar-refractivity contribution in [3.63, 3.8) is 0 Å². The summed E-state index contributed by atoms with van der Waals surface area (Å²) in [5.74, 6) is 1.06. The van der Waals surface area contributed by atoms with E-state index in [1.165, 1.54) is 11.8 Å². The van der Waals surface area contributed by atoms with Gasteiger partial charge in [-0.15, -0.1) is 0 Å². The number of aromatic nitrogens is 4. The van der Waals surface area contributed by atoms with Gasteiger partial charge in [-0.3, -0.25) is 9.78 Å². The Morgan fingerprint density at radius 3 is 2.60 bits per heavy atom. The van der Waals surface area contributed by atoms with Crippen LogP contribution in [-0.4, -0.2) is 19.9 Å². The van der Waals surface area contributed by atoms with Crippen molar-refractivity contribution in [1.82, 2.24) is 19.9 Å². The topological polar surface area (TPSA) is 110 Å². The van der Waals surface area contributed by atoms with Crippen LogP contribution < -0.4 is 16.6 Å². The molecule has 0 saturated heterocycles. The zero-order chi connectivity index (χ0) is 13.7. The molecule has 3 heterocycles. The number of aromatic amines is 1. The molecule has 8 heteroatoms. The van der Waals surface area contributed by atoms with Crippen molar-refractivity contribution in [2.45, 2.75) is 9.92 Å². The zero-order valence-corrected chi connectivity index (χ0v) is 10.9. The molecule has 0 unspecified atom stereocenters. The van der Waals surface area contributed by atoms with Crippen LogP contribution in [0.1, 0.15) is 0 Å². The second-order valence-corrected chi connectivity index (χ2v) is 5.22. The van der Waals surface area contributed by atoms with E-state index in [2.05, 4.69) is 25.3 Å². The fourth-order valence-electron chi connectivity index (χ4n) is 2.00. The maximum absolute atomic E-state index is 11.9. The maximum Gasteiger partial charge on any atom is 0.268 e. The minimum absolute atomic E-state index is 0.0686. The van der Waals surface area contributed by atoms with E-state index in [1.807, 2.05) is 24.3 Å². The summed E-state index contributed by atoms with van der Waals surface area (Å²) >= 11 is 1.23. The molecule has 0 radical (unpaired) electrons. The highest BCUT2D eigenvalue weighted by Crippen LogP contribution is 2.39. The molecular formula is C12H8N6OS. The van der Waals surface area contributed by atoms with Gasteiger partial charge in [0.1, 0.15) is 9.92 Å². The van der Waals surface area contributed by atoms with Crippen LogP contribution in [0, 0.1) is 0 Å². The van der Waals surface area contributed by atoms with E-state index in [-0.39, 0.29) is 11.5 Å². The van der Waals surface area contributed by atoms with Crippen LogP contribution >= 0.6 is 11.8 Å². The Morgan fingerprint density at radius 2 is 1.80 bits per heavy atom. The number of hydrogen-bond acceptors (Lipinski definition) is 7. The molecule has 98 valence electrons. The minimum atomic E-state index is -0.286. The quantitative estimate of drug-likeness (QED) is 0.449. The van der Waals surface area contributed by atoms with Crippen molar-refractivity contribution in [3.8, 4) is 0 Å². The molecule has 1 aliphatic heterocycles. The number of para-hydroxylation sites is 2. The largest absolute Gasteiger partial charge is 0.369 e. The third-order valence-corrected chi connectivity index (χ3v) is 3.93. The number of hydrogen-bond donors (Lipinski definition) is 3. The van der Waals surface area contributed by atoms with Gasteiger partial charge in [0.15, 0.2) is 11.6 Å². The van der Waals surface area contributed by atoms with Gasteiger partial charge in [-0.05, 0) is 12.1 Å². The number of nitrogen functional groups attached to an aromatic ring is 1. The number of nitrogens with zero attached hydrogens (tertiary/aromatic N) is 3. The van der Waals surface area contributed by atoms with Crippen LogP contribution in [0.15, 0.2) is 39.0 Å². The standard InChI is InChI=1S/C12H8N6OS/c13-12-17-8-7(10(19)18-12)20-11-9(16-8)14-5-3-1-2-4-6(5)15-11/h1-4H,(H4,13,14,16,17,18,19). The number of H-pyrrole nitrogens is 1. The molecule has 0 saturated carbocycles. The summed E-state index contributed by atoms with van der Waals surface area (Å²) in [7, 11) is 0. The van der Waals surface area contributed by atoms with Crippen molar-refractivity contribution in [2.24, 2.45) is 0 Å². The summed E-state index contributed by atoms with van der Waals surface area (Å²) < 4.78 is 0. The Balaban J connectivity index is 1.94. The van der Waals surface area contributed by atoms with Crippen LogP contribution in [0.4, 0.5) is 17.6 Å². The first kappa shape index (κ1) is 11.2. The molecule has 7 nitrogen and oxygen atoms in total. The molecule has 0 bridgehead atoms. The molecule has 0 atom stereocenters. The number of nitrogens with one attached hydrogen (secondary N) is 2.